The quantitative estimate of drug-likeness (QED) is 0.322. The molecule has 0 aliphatic carbocycles. The van der Waals surface area contributed by atoms with Gasteiger partial charge in [-0.1, -0.05) is 0 Å². The molecule has 0 unspecified atom stereocenters. The molecule has 0 bridgehead atoms. The summed E-state index contributed by atoms with van der Waals surface area (Å²) in [4.78, 5) is 19.0. The second-order valence-corrected chi connectivity index (χ2v) is 4.78. The van der Waals surface area contributed by atoms with Crippen LogP contribution in [0.15, 0.2) is 21.9 Å². The molecule has 0 amide bonds. The van der Waals surface area contributed by atoms with Crippen molar-refractivity contribution in [1.29, 1.82) is 0 Å². The number of carboxylic acid groups (broad SMARTS) is 1. The van der Waals surface area contributed by atoms with Gasteiger partial charge in [0.2, 0.25) is 0 Å². The molecule has 17 heavy (non-hydrogen) atoms. The molecule has 1 aromatic carbocycles. The molecule has 1 rings (SSSR count). The Morgan fingerprint density at radius 3 is 2.29 bits per heavy atom. The fraction of sp³-hybridized carbons (Fsp3) is 0. The zero-order chi connectivity index (χ0) is 13.4. The fourth-order valence-electron chi connectivity index (χ4n) is 1.14. The van der Waals surface area contributed by atoms with Gasteiger partial charge in [-0.15, -0.1) is 12.6 Å². The highest BCUT2D eigenvalue weighted by molar-refractivity contribution is 7.86. The van der Waals surface area contributed by atoms with Gasteiger partial charge in [-0.25, -0.2) is 4.79 Å². The maximum atomic E-state index is 10.9. The first-order chi connectivity index (χ1) is 7.64. The smallest absolute Gasteiger partial charge is 0.342 e. The molecule has 0 radical (unpaired) electrons. The van der Waals surface area contributed by atoms with Gasteiger partial charge < -0.3 is 5.11 Å². The molecule has 1 aromatic rings. The number of hydrogen-bond donors (Lipinski definition) is 3. The Morgan fingerprint density at radius 1 is 1.41 bits per heavy atom. The molecule has 0 saturated heterocycles. The summed E-state index contributed by atoms with van der Waals surface area (Å²) in [5.74, 6) is -1.70. The van der Waals surface area contributed by atoms with Gasteiger partial charge in [0.15, 0.2) is 4.90 Å². The highest BCUT2D eigenvalue weighted by atomic mass is 32.2. The topological polar surface area (TPSA) is 135 Å². The highest BCUT2D eigenvalue weighted by Crippen LogP contribution is 2.30. The van der Waals surface area contributed by atoms with Crippen molar-refractivity contribution in [3.8, 4) is 0 Å². The van der Waals surface area contributed by atoms with Crippen molar-refractivity contribution < 1.29 is 27.8 Å². The molecular formula is C7H5NO7S2. The number of aromatic carboxylic acids is 1. The minimum absolute atomic E-state index is 0.138. The largest absolute Gasteiger partial charge is 0.477 e. The summed E-state index contributed by atoms with van der Waals surface area (Å²) in [6.45, 7) is 0. The van der Waals surface area contributed by atoms with E-state index in [4.69, 9.17) is 9.66 Å². The maximum absolute atomic E-state index is 10.9. The van der Waals surface area contributed by atoms with Crippen molar-refractivity contribution in [2.45, 2.75) is 9.79 Å². The molecule has 0 aliphatic heterocycles. The summed E-state index contributed by atoms with van der Waals surface area (Å²) in [5, 5.41) is 19.4. The maximum Gasteiger partial charge on any atom is 0.342 e. The van der Waals surface area contributed by atoms with Crippen molar-refractivity contribution in [1.82, 2.24) is 0 Å². The average Bonchev–Trinajstić information content (AvgIpc) is 2.14. The molecule has 0 heterocycles. The summed E-state index contributed by atoms with van der Waals surface area (Å²) in [7, 11) is -4.91. The number of rotatable bonds is 3. The molecule has 92 valence electrons. The third-order valence-corrected chi connectivity index (χ3v) is 2.88. The Balaban J connectivity index is 3.83. The lowest BCUT2D eigenvalue weighted by Crippen LogP contribution is -2.09. The first kappa shape index (κ1) is 13.4. The van der Waals surface area contributed by atoms with Crippen LogP contribution >= 0.6 is 12.6 Å². The third-order valence-electron chi connectivity index (χ3n) is 1.75. The second kappa shape index (κ2) is 4.31. The van der Waals surface area contributed by atoms with Crippen molar-refractivity contribution in [3.05, 3.63) is 27.8 Å². The summed E-state index contributed by atoms with van der Waals surface area (Å²) in [6, 6.07) is 1.52. The molecule has 0 atom stereocenters. The summed E-state index contributed by atoms with van der Waals surface area (Å²) < 4.78 is 30.6. The van der Waals surface area contributed by atoms with Crippen LogP contribution in [-0.2, 0) is 10.1 Å². The van der Waals surface area contributed by atoms with Crippen LogP contribution in [0.25, 0.3) is 0 Å². The van der Waals surface area contributed by atoms with Gasteiger partial charge in [-0.2, -0.15) is 8.42 Å². The van der Waals surface area contributed by atoms with Crippen molar-refractivity contribution in [3.63, 3.8) is 0 Å². The summed E-state index contributed by atoms with van der Waals surface area (Å²) in [6.07, 6.45) is 0. The van der Waals surface area contributed by atoms with E-state index in [1.807, 2.05) is 0 Å². The number of carbonyl (C=O) groups is 1. The lowest BCUT2D eigenvalue weighted by Gasteiger charge is -2.04. The molecule has 0 saturated carbocycles. The van der Waals surface area contributed by atoms with Crippen LogP contribution in [0.5, 0.6) is 0 Å². The van der Waals surface area contributed by atoms with Crippen LogP contribution in [0.1, 0.15) is 10.4 Å². The Labute approximate surface area is 100 Å². The van der Waals surface area contributed by atoms with Crippen LogP contribution in [0, 0.1) is 10.1 Å². The number of hydrogen-bond acceptors (Lipinski definition) is 6. The second-order valence-electron chi connectivity index (χ2n) is 2.88. The van der Waals surface area contributed by atoms with E-state index in [-0.39, 0.29) is 4.90 Å². The predicted molar refractivity (Wildman–Crippen MR) is 57.1 cm³/mol. The van der Waals surface area contributed by atoms with Gasteiger partial charge in [-0.3, -0.25) is 14.7 Å². The molecule has 10 heteroatoms. The van der Waals surface area contributed by atoms with E-state index in [9.17, 15) is 23.3 Å². The molecule has 0 aliphatic rings. The SMILES string of the molecule is O=C(O)c1cc(S)cc(S(=O)(=O)O)c1[N+](=O)[O-]. The van der Waals surface area contributed by atoms with E-state index >= 15 is 0 Å². The Bertz CT molecular complexity index is 607. The van der Waals surface area contributed by atoms with Crippen LogP contribution < -0.4 is 0 Å². The van der Waals surface area contributed by atoms with Crippen molar-refractivity contribution in [2.24, 2.45) is 0 Å². The number of carboxylic acids is 1. The lowest BCUT2D eigenvalue weighted by molar-refractivity contribution is -0.388. The zero-order valence-electron chi connectivity index (χ0n) is 7.89. The molecule has 0 aromatic heterocycles. The van der Waals surface area contributed by atoms with E-state index in [0.717, 1.165) is 6.07 Å². The fourth-order valence-corrected chi connectivity index (χ4v) is 2.19. The average molecular weight is 279 g/mol. The molecular weight excluding hydrogens is 274 g/mol. The van der Waals surface area contributed by atoms with E-state index < -0.39 is 37.2 Å². The normalized spacial score (nSPS) is 11.2. The lowest BCUT2D eigenvalue weighted by atomic mass is 10.2. The Hall–Kier alpha value is -1.65. The van der Waals surface area contributed by atoms with Crippen LogP contribution in [0.4, 0.5) is 5.69 Å². The van der Waals surface area contributed by atoms with Gasteiger partial charge in [0, 0.05) is 4.90 Å². The zero-order valence-corrected chi connectivity index (χ0v) is 9.60. The van der Waals surface area contributed by atoms with Gasteiger partial charge >= 0.3 is 21.8 Å². The van der Waals surface area contributed by atoms with Gasteiger partial charge in [-0.05, 0) is 12.1 Å². The summed E-state index contributed by atoms with van der Waals surface area (Å²) in [5.41, 5.74) is -2.06. The minimum Gasteiger partial charge on any atom is -0.477 e. The number of thiol groups is 1. The number of nitrogens with zero attached hydrogens (tertiary/aromatic N) is 1. The van der Waals surface area contributed by atoms with Crippen LogP contribution in [0.3, 0.4) is 0 Å². The van der Waals surface area contributed by atoms with Crippen molar-refractivity contribution in [2.75, 3.05) is 0 Å². The first-order valence-corrected chi connectivity index (χ1v) is 5.75. The number of nitro benzene ring substituents is 1. The van der Waals surface area contributed by atoms with Crippen molar-refractivity contribution >= 4 is 34.4 Å². The van der Waals surface area contributed by atoms with Gasteiger partial charge in [0.05, 0.1) is 4.92 Å². The van der Waals surface area contributed by atoms with Gasteiger partial charge in [0.1, 0.15) is 5.56 Å². The standard InChI is InChI=1S/C7H5NO7S2/c9-7(10)4-1-3(16)2-5(17(13,14)15)6(4)8(11)12/h1-2,16H,(H,9,10)(H,13,14,15). The van der Waals surface area contributed by atoms with E-state index in [1.165, 1.54) is 0 Å². The highest BCUT2D eigenvalue weighted by Gasteiger charge is 2.31. The van der Waals surface area contributed by atoms with Crippen LogP contribution in [0.2, 0.25) is 0 Å². The Morgan fingerprint density at radius 2 is 1.94 bits per heavy atom. The number of benzene rings is 1. The molecule has 8 nitrogen and oxygen atoms in total. The third kappa shape index (κ3) is 2.72. The minimum atomic E-state index is -4.91. The number of nitro groups is 1. The molecule has 0 spiro atoms. The predicted octanol–water partition coefficient (Wildman–Crippen LogP) is 0.828. The molecule has 0 fully saturated rings. The van der Waals surface area contributed by atoms with E-state index in [0.29, 0.717) is 6.07 Å². The van der Waals surface area contributed by atoms with E-state index in [1.54, 1.807) is 0 Å². The molecule has 2 N–H and O–H groups in total. The monoisotopic (exact) mass is 279 g/mol. The first-order valence-electron chi connectivity index (χ1n) is 3.86. The Kier molecular flexibility index (Phi) is 3.40. The van der Waals surface area contributed by atoms with Gasteiger partial charge in [0.25, 0.3) is 0 Å². The van der Waals surface area contributed by atoms with Crippen LogP contribution in [-0.4, -0.2) is 29.0 Å². The summed E-state index contributed by atoms with van der Waals surface area (Å²) >= 11 is 3.70. The van der Waals surface area contributed by atoms with E-state index in [2.05, 4.69) is 12.6 Å².